The molecule has 10 heavy (non-hydrogen) atoms. The van der Waals surface area contributed by atoms with Gasteiger partial charge in [0.05, 0.1) is 4.47 Å². The summed E-state index contributed by atoms with van der Waals surface area (Å²) in [5.74, 6) is -0.238. The summed E-state index contributed by atoms with van der Waals surface area (Å²) < 4.78 is 13.8. The van der Waals surface area contributed by atoms with Crippen LogP contribution in [0.4, 0.5) is 4.39 Å². The van der Waals surface area contributed by atoms with Crippen LogP contribution in [0.25, 0.3) is 0 Å². The molecule has 0 amide bonds. The van der Waals surface area contributed by atoms with Gasteiger partial charge < -0.3 is 0 Å². The van der Waals surface area contributed by atoms with E-state index in [1.165, 1.54) is 6.07 Å². The molecule has 0 nitrogen and oxygen atoms in total. The molecule has 0 radical (unpaired) electrons. The SMILES string of the molecule is Fc1ccc(Br)cc1Br.[NaH]. The number of hydrogen-bond acceptors (Lipinski definition) is 0. The Morgan fingerprint density at radius 2 is 1.80 bits per heavy atom. The Morgan fingerprint density at radius 3 is 2.20 bits per heavy atom. The molecule has 0 aliphatic carbocycles. The van der Waals surface area contributed by atoms with E-state index in [1.807, 2.05) is 0 Å². The van der Waals surface area contributed by atoms with Gasteiger partial charge in [-0.05, 0) is 34.1 Å². The van der Waals surface area contributed by atoms with E-state index in [1.54, 1.807) is 12.1 Å². The van der Waals surface area contributed by atoms with E-state index in [9.17, 15) is 4.39 Å². The van der Waals surface area contributed by atoms with Gasteiger partial charge in [-0.25, -0.2) is 4.39 Å². The van der Waals surface area contributed by atoms with E-state index in [4.69, 9.17) is 0 Å². The molecule has 0 spiro atoms. The molecular formula is C6H4Br2FNa. The molecule has 0 heterocycles. The van der Waals surface area contributed by atoms with E-state index in [-0.39, 0.29) is 35.4 Å². The van der Waals surface area contributed by atoms with Crippen LogP contribution in [0.2, 0.25) is 0 Å². The molecule has 0 aliphatic rings. The van der Waals surface area contributed by atoms with Gasteiger partial charge in [0.15, 0.2) is 0 Å². The fourth-order valence-corrected chi connectivity index (χ4v) is 1.52. The van der Waals surface area contributed by atoms with Crippen LogP contribution in [0.5, 0.6) is 0 Å². The zero-order valence-electron chi connectivity index (χ0n) is 4.37. The average Bonchev–Trinajstić information content (AvgIpc) is 1.80. The molecule has 4 heteroatoms. The third kappa shape index (κ3) is 3.01. The van der Waals surface area contributed by atoms with Crippen molar-refractivity contribution in [2.24, 2.45) is 0 Å². The summed E-state index contributed by atoms with van der Waals surface area (Å²) in [5.41, 5.74) is 0. The van der Waals surface area contributed by atoms with Gasteiger partial charge in [-0.15, -0.1) is 0 Å². The summed E-state index contributed by atoms with van der Waals surface area (Å²) in [4.78, 5) is 0. The summed E-state index contributed by atoms with van der Waals surface area (Å²) in [6.45, 7) is 0. The van der Waals surface area contributed by atoms with Crippen molar-refractivity contribution < 1.29 is 4.39 Å². The van der Waals surface area contributed by atoms with Crippen LogP contribution in [0.3, 0.4) is 0 Å². The Labute approximate surface area is 97.7 Å². The van der Waals surface area contributed by atoms with E-state index < -0.39 is 0 Å². The van der Waals surface area contributed by atoms with Gasteiger partial charge in [0, 0.05) is 4.47 Å². The second-order valence-electron chi connectivity index (χ2n) is 1.56. The normalized spacial score (nSPS) is 8.70. The first kappa shape index (κ1) is 11.1. The van der Waals surface area contributed by atoms with Crippen LogP contribution in [0.15, 0.2) is 27.1 Å². The minimum absolute atomic E-state index is 0. The predicted octanol–water partition coefficient (Wildman–Crippen LogP) is 2.70. The first-order valence-corrected chi connectivity index (χ1v) is 3.89. The number of benzene rings is 1. The maximum absolute atomic E-state index is 12.4. The third-order valence-electron chi connectivity index (χ3n) is 0.882. The molecule has 0 aliphatic heterocycles. The quantitative estimate of drug-likeness (QED) is 0.505. The first-order chi connectivity index (χ1) is 4.20. The van der Waals surface area contributed by atoms with E-state index >= 15 is 0 Å². The summed E-state index contributed by atoms with van der Waals surface area (Å²) >= 11 is 6.24. The van der Waals surface area contributed by atoms with Crippen LogP contribution < -0.4 is 0 Å². The minimum atomic E-state index is -0.238. The molecule has 0 fully saturated rings. The van der Waals surface area contributed by atoms with Crippen molar-refractivity contribution in [2.45, 2.75) is 0 Å². The van der Waals surface area contributed by atoms with Gasteiger partial charge in [0.2, 0.25) is 0 Å². The standard InChI is InChI=1S/C6H3Br2F.Na.H/c7-4-1-2-6(9)5(8)3-4;;/h1-3H;;. The van der Waals surface area contributed by atoms with Crippen molar-refractivity contribution in [1.82, 2.24) is 0 Å². The molecule has 0 aromatic heterocycles. The van der Waals surface area contributed by atoms with Gasteiger partial charge in [0.25, 0.3) is 0 Å². The molecule has 0 saturated carbocycles. The predicted molar refractivity (Wildman–Crippen MR) is 48.9 cm³/mol. The molecule has 0 saturated heterocycles. The van der Waals surface area contributed by atoms with Crippen LogP contribution in [-0.2, 0) is 0 Å². The molecule has 0 atom stereocenters. The van der Waals surface area contributed by atoms with Crippen LogP contribution in [0.1, 0.15) is 0 Å². The fourth-order valence-electron chi connectivity index (χ4n) is 0.470. The van der Waals surface area contributed by atoms with Gasteiger partial charge in [-0.1, -0.05) is 15.9 Å². The zero-order chi connectivity index (χ0) is 6.85. The van der Waals surface area contributed by atoms with Gasteiger partial charge in [-0.3, -0.25) is 0 Å². The third-order valence-corrected chi connectivity index (χ3v) is 1.98. The summed E-state index contributed by atoms with van der Waals surface area (Å²) in [7, 11) is 0. The van der Waals surface area contributed by atoms with Crippen molar-refractivity contribution in [3.63, 3.8) is 0 Å². The maximum atomic E-state index is 12.4. The Balaban J connectivity index is 0.000000810. The first-order valence-electron chi connectivity index (χ1n) is 2.30. The fraction of sp³-hybridized carbons (Fsp3) is 0. The van der Waals surface area contributed by atoms with Crippen molar-refractivity contribution in [2.75, 3.05) is 0 Å². The summed E-state index contributed by atoms with van der Waals surface area (Å²) in [6, 6.07) is 4.71. The summed E-state index contributed by atoms with van der Waals surface area (Å²) in [6.07, 6.45) is 0. The molecule has 0 N–H and O–H groups in total. The van der Waals surface area contributed by atoms with Crippen LogP contribution in [0, 0.1) is 5.82 Å². The second kappa shape index (κ2) is 4.88. The van der Waals surface area contributed by atoms with E-state index in [0.717, 1.165) is 4.47 Å². The van der Waals surface area contributed by atoms with Gasteiger partial charge in [-0.2, -0.15) is 0 Å². The van der Waals surface area contributed by atoms with Crippen LogP contribution >= 0.6 is 31.9 Å². The van der Waals surface area contributed by atoms with Gasteiger partial charge >= 0.3 is 29.6 Å². The summed E-state index contributed by atoms with van der Waals surface area (Å²) in [5, 5.41) is 0. The van der Waals surface area contributed by atoms with E-state index in [0.29, 0.717) is 4.47 Å². The molecule has 0 bridgehead atoms. The van der Waals surface area contributed by atoms with E-state index in [2.05, 4.69) is 31.9 Å². The molecule has 1 aromatic rings. The molecular weight excluding hydrogens is 274 g/mol. The monoisotopic (exact) mass is 276 g/mol. The Hall–Kier alpha value is 1.11. The average molecular weight is 278 g/mol. The molecule has 0 unspecified atom stereocenters. The Morgan fingerprint density at radius 1 is 1.20 bits per heavy atom. The van der Waals surface area contributed by atoms with Crippen LogP contribution in [-0.4, -0.2) is 29.6 Å². The number of rotatable bonds is 0. The Kier molecular flexibility index (Phi) is 5.42. The topological polar surface area (TPSA) is 0 Å². The number of hydrogen-bond donors (Lipinski definition) is 0. The number of halogens is 3. The van der Waals surface area contributed by atoms with Gasteiger partial charge in [0.1, 0.15) is 5.82 Å². The van der Waals surface area contributed by atoms with Crippen molar-refractivity contribution in [3.8, 4) is 0 Å². The molecule has 50 valence electrons. The molecule has 1 aromatic carbocycles. The Bertz CT molecular complexity index is 227. The second-order valence-corrected chi connectivity index (χ2v) is 3.33. The van der Waals surface area contributed by atoms with Crippen molar-refractivity contribution in [3.05, 3.63) is 33.0 Å². The van der Waals surface area contributed by atoms with Crippen molar-refractivity contribution >= 4 is 61.4 Å². The van der Waals surface area contributed by atoms with Crippen molar-refractivity contribution in [1.29, 1.82) is 0 Å². The zero-order valence-corrected chi connectivity index (χ0v) is 7.54. The molecule has 1 rings (SSSR count).